The summed E-state index contributed by atoms with van der Waals surface area (Å²) in [5, 5.41) is 17.3. The number of aliphatic hydroxyl groups is 1. The molecule has 2 fully saturated rings. The van der Waals surface area contributed by atoms with Crippen LogP contribution in [0, 0.1) is 6.92 Å². The Morgan fingerprint density at radius 1 is 1.25 bits per heavy atom. The molecule has 1 aromatic heterocycles. The number of hydrogen-bond acceptors (Lipinski definition) is 4. The highest BCUT2D eigenvalue weighted by molar-refractivity contribution is 5.14. The Morgan fingerprint density at radius 3 is 2.65 bits per heavy atom. The van der Waals surface area contributed by atoms with Crippen LogP contribution in [-0.4, -0.2) is 63.4 Å². The lowest BCUT2D eigenvalue weighted by Gasteiger charge is -2.42. The van der Waals surface area contributed by atoms with Crippen molar-refractivity contribution in [2.24, 2.45) is 0 Å². The van der Waals surface area contributed by atoms with Crippen molar-refractivity contribution in [3.05, 3.63) is 17.5 Å². The minimum Gasteiger partial charge on any atom is -0.391 e. The highest BCUT2D eigenvalue weighted by Crippen LogP contribution is 2.24. The fourth-order valence-electron chi connectivity index (χ4n) is 3.55. The highest BCUT2D eigenvalue weighted by Gasteiger charge is 2.30. The molecule has 0 amide bonds. The summed E-state index contributed by atoms with van der Waals surface area (Å²) < 4.78 is 0. The molecule has 2 aliphatic rings. The van der Waals surface area contributed by atoms with E-state index in [0.29, 0.717) is 6.04 Å². The molecule has 5 nitrogen and oxygen atoms in total. The molecule has 1 saturated heterocycles. The van der Waals surface area contributed by atoms with Crippen molar-refractivity contribution in [2.45, 2.75) is 51.3 Å². The Kier molecular flexibility index (Phi) is 4.38. The van der Waals surface area contributed by atoms with E-state index in [9.17, 15) is 5.11 Å². The third-order valence-corrected chi connectivity index (χ3v) is 4.90. The summed E-state index contributed by atoms with van der Waals surface area (Å²) >= 11 is 0. The van der Waals surface area contributed by atoms with E-state index in [1.54, 1.807) is 0 Å². The topological polar surface area (TPSA) is 55.4 Å². The van der Waals surface area contributed by atoms with Crippen molar-refractivity contribution >= 4 is 0 Å². The minimum atomic E-state index is -0.105. The summed E-state index contributed by atoms with van der Waals surface area (Å²) in [6, 6.07) is 0.404. The van der Waals surface area contributed by atoms with Crippen LogP contribution in [0.5, 0.6) is 0 Å². The average Bonchev–Trinajstić information content (AvgIpc) is 2.86. The van der Waals surface area contributed by atoms with E-state index in [2.05, 4.69) is 26.9 Å². The molecule has 1 saturated carbocycles. The molecule has 0 aromatic carbocycles. The van der Waals surface area contributed by atoms with Crippen LogP contribution < -0.4 is 0 Å². The number of piperazine rings is 1. The summed E-state index contributed by atoms with van der Waals surface area (Å²) in [5.74, 6) is 0. The van der Waals surface area contributed by atoms with Crippen molar-refractivity contribution in [3.8, 4) is 0 Å². The molecule has 20 heavy (non-hydrogen) atoms. The van der Waals surface area contributed by atoms with Gasteiger partial charge in [-0.3, -0.25) is 14.9 Å². The van der Waals surface area contributed by atoms with Gasteiger partial charge in [-0.15, -0.1) is 0 Å². The monoisotopic (exact) mass is 278 g/mol. The van der Waals surface area contributed by atoms with E-state index < -0.39 is 0 Å². The van der Waals surface area contributed by atoms with Gasteiger partial charge in [-0.05, 0) is 19.8 Å². The predicted octanol–water partition coefficient (Wildman–Crippen LogP) is 1.14. The smallest absolute Gasteiger partial charge is 0.0695 e. The quantitative estimate of drug-likeness (QED) is 0.870. The van der Waals surface area contributed by atoms with Gasteiger partial charge < -0.3 is 5.11 Å². The van der Waals surface area contributed by atoms with Gasteiger partial charge in [0.1, 0.15) is 0 Å². The molecule has 5 heteroatoms. The van der Waals surface area contributed by atoms with E-state index in [-0.39, 0.29) is 6.10 Å². The molecular weight excluding hydrogens is 252 g/mol. The lowest BCUT2D eigenvalue weighted by Crippen LogP contribution is -2.54. The van der Waals surface area contributed by atoms with Crippen LogP contribution in [-0.2, 0) is 6.54 Å². The molecule has 1 aromatic rings. The number of nitrogens with zero attached hydrogens (tertiary/aromatic N) is 3. The van der Waals surface area contributed by atoms with Crippen LogP contribution in [0.15, 0.2) is 6.20 Å². The zero-order valence-electron chi connectivity index (χ0n) is 12.4. The van der Waals surface area contributed by atoms with Gasteiger partial charge in [-0.1, -0.05) is 12.8 Å². The molecule has 112 valence electrons. The summed E-state index contributed by atoms with van der Waals surface area (Å²) in [5.41, 5.74) is 2.48. The van der Waals surface area contributed by atoms with E-state index in [1.807, 2.05) is 6.20 Å². The minimum absolute atomic E-state index is 0.105. The zero-order valence-corrected chi connectivity index (χ0v) is 12.4. The molecule has 0 bridgehead atoms. The predicted molar refractivity (Wildman–Crippen MR) is 78.4 cm³/mol. The summed E-state index contributed by atoms with van der Waals surface area (Å²) in [6.07, 6.45) is 6.45. The number of aromatic nitrogens is 2. The Morgan fingerprint density at radius 2 is 2.00 bits per heavy atom. The first kappa shape index (κ1) is 14.0. The third-order valence-electron chi connectivity index (χ3n) is 4.90. The van der Waals surface area contributed by atoms with E-state index >= 15 is 0 Å². The maximum Gasteiger partial charge on any atom is 0.0695 e. The number of aryl methyl sites for hydroxylation is 1. The maximum atomic E-state index is 10.2. The van der Waals surface area contributed by atoms with Gasteiger partial charge in [0, 0.05) is 50.0 Å². The van der Waals surface area contributed by atoms with Crippen molar-refractivity contribution in [1.29, 1.82) is 0 Å². The Balaban J connectivity index is 1.50. The Hall–Kier alpha value is -0.910. The number of H-pyrrole nitrogens is 1. The number of nitrogens with one attached hydrogen (secondary N) is 1. The van der Waals surface area contributed by atoms with Crippen molar-refractivity contribution in [3.63, 3.8) is 0 Å². The zero-order chi connectivity index (χ0) is 13.9. The second-order valence-electron chi connectivity index (χ2n) is 6.25. The lowest BCUT2D eigenvalue weighted by atomic mass is 9.91. The van der Waals surface area contributed by atoms with Gasteiger partial charge in [-0.2, -0.15) is 5.10 Å². The molecule has 3 rings (SSSR count). The second kappa shape index (κ2) is 6.24. The molecular formula is C15H26N4O. The Bertz CT molecular complexity index is 425. The molecule has 2 atom stereocenters. The summed E-state index contributed by atoms with van der Waals surface area (Å²) in [7, 11) is 0. The first-order chi connectivity index (χ1) is 9.74. The van der Waals surface area contributed by atoms with Gasteiger partial charge in [0.2, 0.25) is 0 Å². The average molecular weight is 278 g/mol. The second-order valence-corrected chi connectivity index (χ2v) is 6.25. The summed E-state index contributed by atoms with van der Waals surface area (Å²) in [4.78, 5) is 4.99. The first-order valence-electron chi connectivity index (χ1n) is 7.87. The maximum absolute atomic E-state index is 10.2. The van der Waals surface area contributed by atoms with Gasteiger partial charge in [0.05, 0.1) is 12.3 Å². The molecule has 2 heterocycles. The van der Waals surface area contributed by atoms with Gasteiger partial charge >= 0.3 is 0 Å². The molecule has 0 spiro atoms. The van der Waals surface area contributed by atoms with Gasteiger partial charge in [0.15, 0.2) is 0 Å². The number of aromatic amines is 1. The lowest BCUT2D eigenvalue weighted by molar-refractivity contribution is -0.00474. The SMILES string of the molecule is Cc1[nH]ncc1CN1CCN([C@H]2CCCC[C@@H]2O)CC1. The third kappa shape index (κ3) is 3.05. The highest BCUT2D eigenvalue weighted by atomic mass is 16.3. The molecule has 2 N–H and O–H groups in total. The molecule has 0 unspecified atom stereocenters. The number of rotatable bonds is 3. The van der Waals surface area contributed by atoms with Crippen LogP contribution in [0.4, 0.5) is 0 Å². The Labute approximate surface area is 121 Å². The van der Waals surface area contributed by atoms with Gasteiger partial charge in [0.25, 0.3) is 0 Å². The largest absolute Gasteiger partial charge is 0.391 e. The van der Waals surface area contributed by atoms with Crippen LogP contribution in [0.2, 0.25) is 0 Å². The van der Waals surface area contributed by atoms with E-state index in [1.165, 1.54) is 30.5 Å². The van der Waals surface area contributed by atoms with Crippen LogP contribution in [0.25, 0.3) is 0 Å². The normalized spacial score (nSPS) is 29.7. The van der Waals surface area contributed by atoms with E-state index in [0.717, 1.165) is 39.1 Å². The fraction of sp³-hybridized carbons (Fsp3) is 0.800. The fourth-order valence-corrected chi connectivity index (χ4v) is 3.55. The van der Waals surface area contributed by atoms with Crippen LogP contribution in [0.1, 0.15) is 36.9 Å². The number of aliphatic hydroxyl groups excluding tert-OH is 1. The van der Waals surface area contributed by atoms with Crippen molar-refractivity contribution < 1.29 is 5.11 Å². The standard InChI is InChI=1S/C15H26N4O/c1-12-13(10-16-17-12)11-18-6-8-19(9-7-18)14-4-2-3-5-15(14)20/h10,14-15,20H,2-9,11H2,1H3,(H,16,17)/t14-,15-/m0/s1. The number of hydrogen-bond donors (Lipinski definition) is 2. The van der Waals surface area contributed by atoms with E-state index in [4.69, 9.17) is 0 Å². The van der Waals surface area contributed by atoms with Gasteiger partial charge in [-0.25, -0.2) is 0 Å². The summed E-state index contributed by atoms with van der Waals surface area (Å²) in [6.45, 7) is 7.42. The van der Waals surface area contributed by atoms with Crippen LogP contribution in [0.3, 0.4) is 0 Å². The molecule has 0 radical (unpaired) electrons. The van der Waals surface area contributed by atoms with Crippen LogP contribution >= 0.6 is 0 Å². The molecule has 1 aliphatic heterocycles. The van der Waals surface area contributed by atoms with Crippen molar-refractivity contribution in [2.75, 3.05) is 26.2 Å². The molecule has 1 aliphatic carbocycles. The first-order valence-corrected chi connectivity index (χ1v) is 7.87. The van der Waals surface area contributed by atoms with Crippen molar-refractivity contribution in [1.82, 2.24) is 20.0 Å².